The summed E-state index contributed by atoms with van der Waals surface area (Å²) in [6.07, 6.45) is 2.81. The Balaban J connectivity index is 1.65. The number of esters is 1. The van der Waals surface area contributed by atoms with E-state index in [0.717, 1.165) is 29.7 Å². The summed E-state index contributed by atoms with van der Waals surface area (Å²) < 4.78 is 15.4. The van der Waals surface area contributed by atoms with Crippen LogP contribution in [-0.4, -0.2) is 32.7 Å². The van der Waals surface area contributed by atoms with Crippen LogP contribution < -0.4 is 14.8 Å². The highest BCUT2D eigenvalue weighted by Crippen LogP contribution is 2.38. The first-order valence-electron chi connectivity index (χ1n) is 8.31. The van der Waals surface area contributed by atoms with Crippen LogP contribution in [0.15, 0.2) is 18.2 Å². The highest BCUT2D eigenvalue weighted by atomic mass is 32.1. The number of ether oxygens (including phenoxy) is 3. The van der Waals surface area contributed by atoms with Crippen molar-refractivity contribution in [1.82, 2.24) is 0 Å². The molecule has 1 heterocycles. The number of carbonyl (C=O) groups is 2. The number of para-hydroxylation sites is 1. The number of fused-ring (bicyclic) bond motifs is 1. The van der Waals surface area contributed by atoms with E-state index in [0.29, 0.717) is 16.3 Å². The van der Waals surface area contributed by atoms with E-state index in [9.17, 15) is 14.9 Å². The average Bonchev–Trinajstić information content (AvgIpc) is 3.25. The number of hydrogen-bond donors (Lipinski definition) is 1. The number of methoxy groups -OCH3 is 2. The molecular formula is C19H18N2O5S. The zero-order chi connectivity index (χ0) is 19.4. The van der Waals surface area contributed by atoms with Gasteiger partial charge in [0.2, 0.25) is 0 Å². The van der Waals surface area contributed by atoms with E-state index in [4.69, 9.17) is 14.2 Å². The minimum absolute atomic E-state index is 0.164. The minimum atomic E-state index is -0.699. The zero-order valence-electron chi connectivity index (χ0n) is 15.0. The fourth-order valence-electron chi connectivity index (χ4n) is 3.03. The van der Waals surface area contributed by atoms with Crippen LogP contribution in [0.3, 0.4) is 0 Å². The van der Waals surface area contributed by atoms with Gasteiger partial charge in [-0.25, -0.2) is 4.79 Å². The second kappa shape index (κ2) is 8.10. The molecule has 2 aromatic rings. The van der Waals surface area contributed by atoms with Crippen LogP contribution in [0, 0.1) is 11.3 Å². The van der Waals surface area contributed by atoms with Crippen molar-refractivity contribution in [2.45, 2.75) is 19.3 Å². The molecule has 1 amide bonds. The maximum atomic E-state index is 12.3. The van der Waals surface area contributed by atoms with Crippen molar-refractivity contribution in [2.75, 3.05) is 26.1 Å². The van der Waals surface area contributed by atoms with Crippen LogP contribution in [0.2, 0.25) is 0 Å². The molecule has 0 spiro atoms. The molecule has 0 aliphatic heterocycles. The summed E-state index contributed by atoms with van der Waals surface area (Å²) in [5.74, 6) is -0.563. The van der Waals surface area contributed by atoms with Gasteiger partial charge >= 0.3 is 5.97 Å². The summed E-state index contributed by atoms with van der Waals surface area (Å²) in [6.45, 7) is -0.466. The van der Waals surface area contributed by atoms with Crippen molar-refractivity contribution in [3.63, 3.8) is 0 Å². The number of hydrogen-bond acceptors (Lipinski definition) is 7. The standard InChI is InChI=1S/C19H18N2O5S/c1-24-14-7-3-6-12(17(14)25-2)19(23)26-10-16(22)21-18-13(9-20)11-5-4-8-15(11)27-18/h3,6-7H,4-5,8,10H2,1-2H3,(H,21,22). The molecule has 1 aromatic heterocycles. The summed E-state index contributed by atoms with van der Waals surface area (Å²) in [7, 11) is 2.88. The highest BCUT2D eigenvalue weighted by Gasteiger charge is 2.24. The van der Waals surface area contributed by atoms with Crippen LogP contribution in [0.1, 0.15) is 32.8 Å². The number of nitriles is 1. The predicted octanol–water partition coefficient (Wildman–Crippen LogP) is 2.92. The van der Waals surface area contributed by atoms with E-state index in [1.807, 2.05) is 0 Å². The molecule has 0 radical (unpaired) electrons. The molecule has 7 nitrogen and oxygen atoms in total. The molecule has 0 bridgehead atoms. The number of nitrogens with zero attached hydrogens (tertiary/aromatic N) is 1. The number of amides is 1. The highest BCUT2D eigenvalue weighted by molar-refractivity contribution is 7.16. The van der Waals surface area contributed by atoms with Crippen LogP contribution in [0.4, 0.5) is 5.00 Å². The maximum absolute atomic E-state index is 12.3. The van der Waals surface area contributed by atoms with Crippen molar-refractivity contribution in [3.8, 4) is 17.6 Å². The predicted molar refractivity (Wildman–Crippen MR) is 99.5 cm³/mol. The maximum Gasteiger partial charge on any atom is 0.342 e. The van der Waals surface area contributed by atoms with Crippen LogP contribution >= 0.6 is 11.3 Å². The molecule has 1 aromatic carbocycles. The Morgan fingerprint density at radius 2 is 2.07 bits per heavy atom. The van der Waals surface area contributed by atoms with Gasteiger partial charge in [-0.05, 0) is 37.0 Å². The molecule has 0 fully saturated rings. The Morgan fingerprint density at radius 3 is 2.78 bits per heavy atom. The topological polar surface area (TPSA) is 97.6 Å². The molecule has 140 valence electrons. The summed E-state index contributed by atoms with van der Waals surface area (Å²) in [4.78, 5) is 25.6. The lowest BCUT2D eigenvalue weighted by molar-refractivity contribution is -0.119. The van der Waals surface area contributed by atoms with Gasteiger partial charge in [0.25, 0.3) is 5.91 Å². The van der Waals surface area contributed by atoms with E-state index < -0.39 is 18.5 Å². The largest absolute Gasteiger partial charge is 0.493 e. The molecule has 0 saturated heterocycles. The summed E-state index contributed by atoms with van der Waals surface area (Å²) in [5, 5.41) is 12.5. The van der Waals surface area contributed by atoms with Crippen LogP contribution in [0.5, 0.6) is 11.5 Å². The molecule has 3 rings (SSSR count). The molecule has 8 heteroatoms. The lowest BCUT2D eigenvalue weighted by atomic mass is 10.1. The first kappa shape index (κ1) is 18.7. The van der Waals surface area contributed by atoms with Crippen molar-refractivity contribution < 1.29 is 23.8 Å². The van der Waals surface area contributed by atoms with Crippen molar-refractivity contribution in [3.05, 3.63) is 39.8 Å². The number of carbonyl (C=O) groups excluding carboxylic acids is 2. The van der Waals surface area contributed by atoms with E-state index in [1.165, 1.54) is 31.6 Å². The average molecular weight is 386 g/mol. The van der Waals surface area contributed by atoms with Crippen molar-refractivity contribution >= 4 is 28.2 Å². The molecule has 27 heavy (non-hydrogen) atoms. The zero-order valence-corrected chi connectivity index (χ0v) is 15.8. The second-order valence-electron chi connectivity index (χ2n) is 5.84. The summed E-state index contributed by atoms with van der Waals surface area (Å²) in [6, 6.07) is 6.97. The SMILES string of the molecule is COc1cccc(C(=O)OCC(=O)Nc2sc3c(c2C#N)CCC3)c1OC. The fraction of sp³-hybridized carbons (Fsp3) is 0.316. The van der Waals surface area contributed by atoms with Gasteiger partial charge in [-0.2, -0.15) is 5.26 Å². The van der Waals surface area contributed by atoms with E-state index in [-0.39, 0.29) is 11.3 Å². The molecular weight excluding hydrogens is 368 g/mol. The Kier molecular flexibility index (Phi) is 5.62. The van der Waals surface area contributed by atoms with Gasteiger partial charge in [0.15, 0.2) is 18.1 Å². The van der Waals surface area contributed by atoms with Gasteiger partial charge in [-0.1, -0.05) is 6.07 Å². The number of rotatable bonds is 6. The first-order valence-corrected chi connectivity index (χ1v) is 9.13. The third-order valence-electron chi connectivity index (χ3n) is 4.24. The molecule has 1 aliphatic carbocycles. The van der Waals surface area contributed by atoms with E-state index >= 15 is 0 Å². The monoisotopic (exact) mass is 386 g/mol. The Bertz CT molecular complexity index is 929. The lowest BCUT2D eigenvalue weighted by Crippen LogP contribution is -2.21. The lowest BCUT2D eigenvalue weighted by Gasteiger charge is -2.12. The summed E-state index contributed by atoms with van der Waals surface area (Å²) >= 11 is 1.41. The van der Waals surface area contributed by atoms with Gasteiger partial charge in [0, 0.05) is 4.88 Å². The number of benzene rings is 1. The minimum Gasteiger partial charge on any atom is -0.493 e. The third-order valence-corrected chi connectivity index (χ3v) is 5.45. The van der Waals surface area contributed by atoms with Crippen molar-refractivity contribution in [1.29, 1.82) is 5.26 Å². The van der Waals surface area contributed by atoms with Gasteiger partial charge in [-0.3, -0.25) is 4.79 Å². The molecule has 1 aliphatic rings. The molecule has 1 N–H and O–H groups in total. The van der Waals surface area contributed by atoms with Crippen molar-refractivity contribution in [2.24, 2.45) is 0 Å². The number of thiophene rings is 1. The third kappa shape index (κ3) is 3.73. The molecule has 0 unspecified atom stereocenters. The Morgan fingerprint density at radius 1 is 1.26 bits per heavy atom. The van der Waals surface area contributed by atoms with Gasteiger partial charge in [0.1, 0.15) is 16.6 Å². The molecule has 0 atom stereocenters. The number of aryl methyl sites for hydroxylation is 1. The van der Waals surface area contributed by atoms with Crippen LogP contribution in [0.25, 0.3) is 0 Å². The Hall–Kier alpha value is -3.05. The van der Waals surface area contributed by atoms with Crippen LogP contribution in [-0.2, 0) is 22.4 Å². The summed E-state index contributed by atoms with van der Waals surface area (Å²) in [5.41, 5.74) is 1.70. The van der Waals surface area contributed by atoms with Gasteiger partial charge < -0.3 is 19.5 Å². The fourth-order valence-corrected chi connectivity index (χ4v) is 4.29. The smallest absolute Gasteiger partial charge is 0.342 e. The number of nitrogens with one attached hydrogen (secondary N) is 1. The quantitative estimate of drug-likeness (QED) is 0.767. The first-order chi connectivity index (χ1) is 13.1. The molecule has 0 saturated carbocycles. The van der Waals surface area contributed by atoms with E-state index in [2.05, 4.69) is 11.4 Å². The Labute approximate surface area is 160 Å². The van der Waals surface area contributed by atoms with E-state index in [1.54, 1.807) is 12.1 Å². The van der Waals surface area contributed by atoms with Gasteiger partial charge in [-0.15, -0.1) is 11.3 Å². The van der Waals surface area contributed by atoms with Gasteiger partial charge in [0.05, 0.1) is 19.8 Å². The normalized spacial score (nSPS) is 12.0. The number of anilines is 1. The second-order valence-corrected chi connectivity index (χ2v) is 6.94.